The van der Waals surface area contributed by atoms with Gasteiger partial charge in [0.25, 0.3) is 0 Å². The van der Waals surface area contributed by atoms with E-state index in [-0.39, 0.29) is 0 Å². The van der Waals surface area contributed by atoms with Crippen molar-refractivity contribution in [3.8, 4) is 0 Å². The Morgan fingerprint density at radius 2 is 2.36 bits per heavy atom. The first kappa shape index (κ1) is 10.8. The molecule has 2 nitrogen and oxygen atoms in total. The van der Waals surface area contributed by atoms with E-state index in [0.717, 1.165) is 12.5 Å². The summed E-state index contributed by atoms with van der Waals surface area (Å²) in [4.78, 5) is 2.68. The SMILES string of the molecule is CC1(C)CNCCN1CC1CCSC1. The molecule has 82 valence electrons. The zero-order valence-corrected chi connectivity index (χ0v) is 10.2. The maximum atomic E-state index is 3.48. The average molecular weight is 214 g/mol. The molecule has 0 saturated carbocycles. The Kier molecular flexibility index (Phi) is 3.40. The third-order valence-electron chi connectivity index (χ3n) is 3.47. The molecule has 0 aromatic carbocycles. The van der Waals surface area contributed by atoms with Crippen LogP contribution in [0.1, 0.15) is 20.3 Å². The number of nitrogens with zero attached hydrogens (tertiary/aromatic N) is 1. The van der Waals surface area contributed by atoms with E-state index in [2.05, 4.69) is 35.8 Å². The first-order chi connectivity index (χ1) is 6.68. The van der Waals surface area contributed by atoms with Crippen LogP contribution in [-0.4, -0.2) is 48.1 Å². The van der Waals surface area contributed by atoms with Crippen LogP contribution in [0.4, 0.5) is 0 Å². The van der Waals surface area contributed by atoms with Gasteiger partial charge in [-0.1, -0.05) is 0 Å². The van der Waals surface area contributed by atoms with Crippen molar-refractivity contribution in [3.63, 3.8) is 0 Å². The van der Waals surface area contributed by atoms with Crippen molar-refractivity contribution in [3.05, 3.63) is 0 Å². The molecular weight excluding hydrogens is 192 g/mol. The van der Waals surface area contributed by atoms with E-state index in [1.807, 2.05) is 0 Å². The van der Waals surface area contributed by atoms with Crippen LogP contribution >= 0.6 is 11.8 Å². The fourth-order valence-electron chi connectivity index (χ4n) is 2.40. The van der Waals surface area contributed by atoms with Crippen molar-refractivity contribution in [1.82, 2.24) is 10.2 Å². The molecule has 2 aliphatic heterocycles. The van der Waals surface area contributed by atoms with E-state index in [0.29, 0.717) is 5.54 Å². The van der Waals surface area contributed by atoms with E-state index in [4.69, 9.17) is 0 Å². The van der Waals surface area contributed by atoms with Crippen LogP contribution in [0.5, 0.6) is 0 Å². The predicted octanol–water partition coefficient (Wildman–Crippen LogP) is 1.42. The number of hydrogen-bond donors (Lipinski definition) is 1. The van der Waals surface area contributed by atoms with Crippen molar-refractivity contribution in [2.75, 3.05) is 37.7 Å². The van der Waals surface area contributed by atoms with Crippen molar-refractivity contribution in [2.24, 2.45) is 5.92 Å². The molecule has 0 bridgehead atoms. The molecule has 2 heterocycles. The lowest BCUT2D eigenvalue weighted by Crippen LogP contribution is -2.58. The quantitative estimate of drug-likeness (QED) is 0.748. The highest BCUT2D eigenvalue weighted by Crippen LogP contribution is 2.27. The molecule has 2 rings (SSSR count). The Balaban J connectivity index is 1.88. The Morgan fingerprint density at radius 1 is 1.50 bits per heavy atom. The Labute approximate surface area is 91.8 Å². The molecule has 0 spiro atoms. The molecule has 1 unspecified atom stereocenters. The number of thioether (sulfide) groups is 1. The molecule has 14 heavy (non-hydrogen) atoms. The van der Waals surface area contributed by atoms with Gasteiger partial charge >= 0.3 is 0 Å². The monoisotopic (exact) mass is 214 g/mol. The second-order valence-electron chi connectivity index (χ2n) is 5.16. The number of hydrogen-bond acceptors (Lipinski definition) is 3. The Morgan fingerprint density at radius 3 is 3.00 bits per heavy atom. The van der Waals surface area contributed by atoms with Crippen LogP contribution in [0.3, 0.4) is 0 Å². The molecule has 0 radical (unpaired) electrons. The third kappa shape index (κ3) is 2.44. The zero-order valence-electron chi connectivity index (χ0n) is 9.38. The van der Waals surface area contributed by atoms with Crippen molar-refractivity contribution in [2.45, 2.75) is 25.8 Å². The van der Waals surface area contributed by atoms with E-state index in [9.17, 15) is 0 Å². The summed E-state index contributed by atoms with van der Waals surface area (Å²) in [6.07, 6.45) is 1.44. The van der Waals surface area contributed by atoms with Crippen LogP contribution < -0.4 is 5.32 Å². The van der Waals surface area contributed by atoms with Gasteiger partial charge in [-0.3, -0.25) is 4.90 Å². The van der Waals surface area contributed by atoms with E-state index < -0.39 is 0 Å². The molecule has 2 fully saturated rings. The van der Waals surface area contributed by atoms with Crippen molar-refractivity contribution in [1.29, 1.82) is 0 Å². The maximum absolute atomic E-state index is 3.48. The minimum absolute atomic E-state index is 0.367. The topological polar surface area (TPSA) is 15.3 Å². The van der Waals surface area contributed by atoms with Crippen LogP contribution in [0, 0.1) is 5.92 Å². The summed E-state index contributed by atoms with van der Waals surface area (Å²) in [5, 5.41) is 3.48. The zero-order chi connectivity index (χ0) is 10.0. The standard InChI is InChI=1S/C11H22N2S/c1-11(2)9-12-4-5-13(11)7-10-3-6-14-8-10/h10,12H,3-9H2,1-2H3. The summed E-state index contributed by atoms with van der Waals surface area (Å²) in [5.74, 6) is 3.73. The van der Waals surface area contributed by atoms with Crippen LogP contribution in [0.15, 0.2) is 0 Å². The second kappa shape index (κ2) is 4.42. The minimum atomic E-state index is 0.367. The average Bonchev–Trinajstić information content (AvgIpc) is 2.61. The number of nitrogens with one attached hydrogen (secondary N) is 1. The molecule has 1 N–H and O–H groups in total. The van der Waals surface area contributed by atoms with Gasteiger partial charge in [-0.15, -0.1) is 0 Å². The van der Waals surface area contributed by atoms with Gasteiger partial charge in [-0.25, -0.2) is 0 Å². The lowest BCUT2D eigenvalue weighted by molar-refractivity contribution is 0.0765. The molecular formula is C11H22N2S. The summed E-state index contributed by atoms with van der Waals surface area (Å²) in [5.41, 5.74) is 0.367. The smallest absolute Gasteiger partial charge is 0.0278 e. The van der Waals surface area contributed by atoms with Crippen LogP contribution in [-0.2, 0) is 0 Å². The second-order valence-corrected chi connectivity index (χ2v) is 6.31. The lowest BCUT2D eigenvalue weighted by atomic mass is 9.97. The van der Waals surface area contributed by atoms with Gasteiger partial charge in [0.05, 0.1) is 0 Å². The molecule has 1 atom stereocenters. The third-order valence-corrected chi connectivity index (χ3v) is 4.71. The van der Waals surface area contributed by atoms with E-state index in [1.54, 1.807) is 0 Å². The molecule has 0 amide bonds. The summed E-state index contributed by atoms with van der Waals surface area (Å²) in [6.45, 7) is 9.59. The molecule has 0 aliphatic carbocycles. The minimum Gasteiger partial charge on any atom is -0.314 e. The van der Waals surface area contributed by atoms with Gasteiger partial charge in [-0.05, 0) is 37.7 Å². The summed E-state index contributed by atoms with van der Waals surface area (Å²) < 4.78 is 0. The first-order valence-electron chi connectivity index (χ1n) is 5.72. The normalized spacial score (nSPS) is 33.4. The highest BCUT2D eigenvalue weighted by atomic mass is 32.2. The van der Waals surface area contributed by atoms with Gasteiger partial charge < -0.3 is 5.32 Å². The van der Waals surface area contributed by atoms with Crippen molar-refractivity contribution < 1.29 is 0 Å². The van der Waals surface area contributed by atoms with Gasteiger partial charge in [0.2, 0.25) is 0 Å². The largest absolute Gasteiger partial charge is 0.314 e. The number of rotatable bonds is 2. The molecule has 0 aromatic heterocycles. The van der Waals surface area contributed by atoms with Gasteiger partial charge in [0, 0.05) is 31.7 Å². The van der Waals surface area contributed by atoms with Crippen LogP contribution in [0.2, 0.25) is 0 Å². The van der Waals surface area contributed by atoms with Gasteiger partial charge in [0.15, 0.2) is 0 Å². The van der Waals surface area contributed by atoms with Crippen molar-refractivity contribution >= 4 is 11.8 Å². The number of piperazine rings is 1. The van der Waals surface area contributed by atoms with Gasteiger partial charge in [0.1, 0.15) is 0 Å². The summed E-state index contributed by atoms with van der Waals surface area (Å²) >= 11 is 2.13. The van der Waals surface area contributed by atoms with Gasteiger partial charge in [-0.2, -0.15) is 11.8 Å². The van der Waals surface area contributed by atoms with E-state index >= 15 is 0 Å². The summed E-state index contributed by atoms with van der Waals surface area (Å²) in [6, 6.07) is 0. The maximum Gasteiger partial charge on any atom is 0.0278 e. The Bertz CT molecular complexity index is 188. The van der Waals surface area contributed by atoms with E-state index in [1.165, 1.54) is 37.6 Å². The fraction of sp³-hybridized carbons (Fsp3) is 1.00. The lowest BCUT2D eigenvalue weighted by Gasteiger charge is -2.44. The molecule has 0 aromatic rings. The Hall–Kier alpha value is 0.270. The highest BCUT2D eigenvalue weighted by Gasteiger charge is 2.31. The fourth-order valence-corrected chi connectivity index (χ4v) is 3.67. The summed E-state index contributed by atoms with van der Waals surface area (Å²) in [7, 11) is 0. The predicted molar refractivity (Wildman–Crippen MR) is 64.0 cm³/mol. The highest BCUT2D eigenvalue weighted by molar-refractivity contribution is 7.99. The molecule has 2 saturated heterocycles. The van der Waals surface area contributed by atoms with Crippen LogP contribution in [0.25, 0.3) is 0 Å². The first-order valence-corrected chi connectivity index (χ1v) is 6.87. The molecule has 3 heteroatoms. The molecule has 2 aliphatic rings.